The van der Waals surface area contributed by atoms with Crippen molar-refractivity contribution < 1.29 is 8.78 Å². The first-order valence-corrected chi connectivity index (χ1v) is 11.9. The fraction of sp³-hybridized carbons (Fsp3) is 0.630. The molecule has 0 N–H and O–H groups in total. The summed E-state index contributed by atoms with van der Waals surface area (Å²) >= 11 is 0. The van der Waals surface area contributed by atoms with Gasteiger partial charge in [0.05, 0.1) is 0 Å². The van der Waals surface area contributed by atoms with Crippen molar-refractivity contribution in [1.82, 2.24) is 0 Å². The maximum absolute atomic E-state index is 13.9. The van der Waals surface area contributed by atoms with E-state index in [0.29, 0.717) is 5.92 Å². The van der Waals surface area contributed by atoms with E-state index >= 15 is 0 Å². The molecule has 3 rings (SSSR count). The van der Waals surface area contributed by atoms with Gasteiger partial charge in [-0.2, -0.15) is 0 Å². The number of rotatable bonds is 9. The largest absolute Gasteiger partial charge is 0.207 e. The van der Waals surface area contributed by atoms with E-state index in [9.17, 15) is 8.78 Å². The molecule has 0 radical (unpaired) electrons. The molecular weight excluding hydrogens is 362 g/mol. The maximum atomic E-state index is 13.9. The summed E-state index contributed by atoms with van der Waals surface area (Å²) in [5, 5.41) is 0. The van der Waals surface area contributed by atoms with Crippen LogP contribution in [0, 0.1) is 30.4 Å². The van der Waals surface area contributed by atoms with Gasteiger partial charge in [0.25, 0.3) is 0 Å². The SMILES string of the molecule is CCCCCCCC[C@H]1CC[C@H](C2=CCC(c3cc(F)c(C)c(F)c3)C=C2)CC1. The van der Waals surface area contributed by atoms with Gasteiger partial charge < -0.3 is 0 Å². The lowest BCUT2D eigenvalue weighted by atomic mass is 9.75. The molecule has 0 spiro atoms. The molecule has 2 heteroatoms. The number of hydrogen-bond acceptors (Lipinski definition) is 0. The molecule has 1 aromatic rings. The monoisotopic (exact) mass is 400 g/mol. The molecule has 2 aliphatic rings. The molecule has 2 aliphatic carbocycles. The standard InChI is InChI=1S/C27H38F2/c1-3-4-5-6-7-8-9-21-10-12-22(13-11-21)23-14-16-24(17-15-23)25-18-26(28)20(2)27(29)19-25/h14-16,18-19,21-22,24H,3-13,17H2,1-2H3/t21-,22-,24?. The van der Waals surface area contributed by atoms with Crippen LogP contribution in [0.5, 0.6) is 0 Å². The van der Waals surface area contributed by atoms with Crippen molar-refractivity contribution in [3.05, 3.63) is 58.7 Å². The third-order valence-corrected chi connectivity index (χ3v) is 7.14. The normalized spacial score (nSPS) is 24.6. The van der Waals surface area contributed by atoms with Crippen LogP contribution in [0.2, 0.25) is 0 Å². The molecule has 1 fully saturated rings. The third-order valence-electron chi connectivity index (χ3n) is 7.14. The molecular formula is C27H38F2. The van der Waals surface area contributed by atoms with E-state index in [4.69, 9.17) is 0 Å². The molecule has 1 saturated carbocycles. The Labute approximate surface area is 176 Å². The summed E-state index contributed by atoms with van der Waals surface area (Å²) in [7, 11) is 0. The van der Waals surface area contributed by atoms with Crippen molar-refractivity contribution >= 4 is 0 Å². The molecule has 0 amide bonds. The third kappa shape index (κ3) is 6.27. The zero-order chi connectivity index (χ0) is 20.6. The number of halogens is 2. The molecule has 1 unspecified atom stereocenters. The second kappa shape index (κ2) is 11.1. The molecule has 0 heterocycles. The summed E-state index contributed by atoms with van der Waals surface area (Å²) in [5.41, 5.74) is 2.31. The molecule has 0 bridgehead atoms. The average molecular weight is 401 g/mol. The van der Waals surface area contributed by atoms with Gasteiger partial charge in [-0.1, -0.05) is 70.1 Å². The lowest BCUT2D eigenvalue weighted by molar-refractivity contribution is 0.282. The molecule has 0 nitrogen and oxygen atoms in total. The van der Waals surface area contributed by atoms with Gasteiger partial charge >= 0.3 is 0 Å². The van der Waals surface area contributed by atoms with Crippen LogP contribution < -0.4 is 0 Å². The van der Waals surface area contributed by atoms with Gasteiger partial charge in [0.2, 0.25) is 0 Å². The smallest absolute Gasteiger partial charge is 0.129 e. The van der Waals surface area contributed by atoms with Crippen molar-refractivity contribution in [3.8, 4) is 0 Å². The molecule has 160 valence electrons. The fourth-order valence-electron chi connectivity index (χ4n) is 5.06. The van der Waals surface area contributed by atoms with Crippen LogP contribution in [0.4, 0.5) is 8.78 Å². The van der Waals surface area contributed by atoms with Crippen molar-refractivity contribution in [1.29, 1.82) is 0 Å². The van der Waals surface area contributed by atoms with E-state index in [0.717, 1.165) is 17.9 Å². The number of allylic oxidation sites excluding steroid dienone is 4. The van der Waals surface area contributed by atoms with Crippen LogP contribution in [0.15, 0.2) is 35.9 Å². The Morgan fingerprint density at radius 1 is 0.897 bits per heavy atom. The van der Waals surface area contributed by atoms with E-state index < -0.39 is 11.6 Å². The second-order valence-electron chi connectivity index (χ2n) is 9.29. The highest BCUT2D eigenvalue weighted by Gasteiger charge is 2.24. The van der Waals surface area contributed by atoms with Gasteiger partial charge in [0.1, 0.15) is 11.6 Å². The topological polar surface area (TPSA) is 0 Å². The highest BCUT2D eigenvalue weighted by atomic mass is 19.1. The van der Waals surface area contributed by atoms with Crippen LogP contribution in [-0.2, 0) is 0 Å². The minimum absolute atomic E-state index is 0.0902. The first-order chi connectivity index (χ1) is 14.1. The van der Waals surface area contributed by atoms with Gasteiger partial charge in [-0.25, -0.2) is 8.78 Å². The maximum Gasteiger partial charge on any atom is 0.129 e. The van der Waals surface area contributed by atoms with Crippen molar-refractivity contribution in [2.24, 2.45) is 11.8 Å². The molecule has 0 saturated heterocycles. The van der Waals surface area contributed by atoms with Crippen LogP contribution in [0.1, 0.15) is 101 Å². The quantitative estimate of drug-likeness (QED) is 0.363. The zero-order valence-electron chi connectivity index (χ0n) is 18.4. The predicted octanol–water partition coefficient (Wildman–Crippen LogP) is 8.80. The Hall–Kier alpha value is -1.44. The summed E-state index contributed by atoms with van der Waals surface area (Å²) in [5.74, 6) is 0.822. The molecule has 1 atom stereocenters. The van der Waals surface area contributed by atoms with Crippen molar-refractivity contribution in [3.63, 3.8) is 0 Å². The highest BCUT2D eigenvalue weighted by molar-refractivity contribution is 5.36. The molecule has 1 aromatic carbocycles. The lowest BCUT2D eigenvalue weighted by Gasteiger charge is -2.31. The summed E-state index contributed by atoms with van der Waals surface area (Å²) in [4.78, 5) is 0. The fourth-order valence-corrected chi connectivity index (χ4v) is 5.06. The minimum atomic E-state index is -0.438. The average Bonchev–Trinajstić information content (AvgIpc) is 2.75. The van der Waals surface area contributed by atoms with E-state index in [1.165, 1.54) is 95.3 Å². The van der Waals surface area contributed by atoms with Crippen LogP contribution >= 0.6 is 0 Å². The first-order valence-electron chi connectivity index (χ1n) is 11.9. The van der Waals surface area contributed by atoms with Crippen LogP contribution in [0.25, 0.3) is 0 Å². The minimum Gasteiger partial charge on any atom is -0.207 e. The van der Waals surface area contributed by atoms with Crippen molar-refractivity contribution in [2.45, 2.75) is 96.8 Å². The number of unbranched alkanes of at least 4 members (excludes halogenated alkanes) is 5. The van der Waals surface area contributed by atoms with E-state index in [-0.39, 0.29) is 11.5 Å². The Morgan fingerprint density at radius 2 is 1.55 bits per heavy atom. The predicted molar refractivity (Wildman–Crippen MR) is 119 cm³/mol. The lowest BCUT2D eigenvalue weighted by Crippen LogP contribution is -2.17. The molecule has 0 aromatic heterocycles. The van der Waals surface area contributed by atoms with Crippen LogP contribution in [-0.4, -0.2) is 0 Å². The Balaban J connectivity index is 1.42. The van der Waals surface area contributed by atoms with Gasteiger partial charge in [-0.15, -0.1) is 0 Å². The Morgan fingerprint density at radius 3 is 2.17 bits per heavy atom. The van der Waals surface area contributed by atoms with Gasteiger partial charge in [0.15, 0.2) is 0 Å². The van der Waals surface area contributed by atoms with Gasteiger partial charge in [0, 0.05) is 11.5 Å². The first kappa shape index (κ1) is 22.2. The Kier molecular flexibility index (Phi) is 8.51. The van der Waals surface area contributed by atoms with Crippen LogP contribution in [0.3, 0.4) is 0 Å². The van der Waals surface area contributed by atoms with Crippen molar-refractivity contribution in [2.75, 3.05) is 0 Å². The van der Waals surface area contributed by atoms with Gasteiger partial charge in [-0.3, -0.25) is 0 Å². The number of hydrogen-bond donors (Lipinski definition) is 0. The zero-order valence-corrected chi connectivity index (χ0v) is 18.4. The summed E-state index contributed by atoms with van der Waals surface area (Å²) in [6.07, 6.45) is 22.7. The molecule has 0 aliphatic heterocycles. The summed E-state index contributed by atoms with van der Waals surface area (Å²) < 4.78 is 27.8. The number of benzene rings is 1. The Bertz CT molecular complexity index is 684. The summed E-state index contributed by atoms with van der Waals surface area (Å²) in [6.45, 7) is 3.77. The highest BCUT2D eigenvalue weighted by Crippen LogP contribution is 2.39. The second-order valence-corrected chi connectivity index (χ2v) is 9.29. The molecule has 29 heavy (non-hydrogen) atoms. The van der Waals surface area contributed by atoms with Gasteiger partial charge in [-0.05, 0) is 74.1 Å². The van der Waals surface area contributed by atoms with E-state index in [1.807, 2.05) is 0 Å². The van der Waals surface area contributed by atoms with E-state index in [1.54, 1.807) is 0 Å². The van der Waals surface area contributed by atoms with E-state index in [2.05, 4.69) is 25.2 Å². The summed E-state index contributed by atoms with van der Waals surface area (Å²) in [6, 6.07) is 3.00.